The van der Waals surface area contributed by atoms with Crippen molar-refractivity contribution in [2.75, 3.05) is 5.75 Å². The zero-order valence-electron chi connectivity index (χ0n) is 17.7. The summed E-state index contributed by atoms with van der Waals surface area (Å²) in [6.45, 7) is 1.20. The van der Waals surface area contributed by atoms with Crippen molar-refractivity contribution in [3.8, 4) is 5.75 Å². The zero-order valence-corrected chi connectivity index (χ0v) is 18.6. The smallest absolute Gasteiger partial charge is 0.416 e. The minimum Gasteiger partial charge on any atom is -0.468 e. The number of benzene rings is 2. The van der Waals surface area contributed by atoms with Gasteiger partial charge < -0.3 is 9.25 Å². The van der Waals surface area contributed by atoms with Crippen molar-refractivity contribution >= 4 is 23.5 Å². The van der Waals surface area contributed by atoms with Crippen LogP contribution in [0.4, 0.5) is 13.2 Å². The molecule has 33 heavy (non-hydrogen) atoms. The number of hydrogen-bond acceptors (Lipinski definition) is 5. The van der Waals surface area contributed by atoms with Crippen LogP contribution in [0.15, 0.2) is 77.4 Å². The van der Waals surface area contributed by atoms with Crippen LogP contribution in [-0.4, -0.2) is 28.5 Å². The molecule has 0 saturated heterocycles. The number of nitrogens with zero attached hydrogens (tertiary/aromatic N) is 1. The fourth-order valence-corrected chi connectivity index (χ4v) is 3.96. The third kappa shape index (κ3) is 7.15. The first-order valence-corrected chi connectivity index (χ1v) is 11.2. The fraction of sp³-hybridized carbons (Fsp3) is 0.250. The molecule has 0 fully saturated rings. The van der Waals surface area contributed by atoms with Gasteiger partial charge in [0.25, 0.3) is 5.91 Å². The van der Waals surface area contributed by atoms with Crippen molar-refractivity contribution in [1.29, 1.82) is 0 Å². The summed E-state index contributed by atoms with van der Waals surface area (Å²) in [4.78, 5) is 31.1. The average molecular weight is 478 g/mol. The van der Waals surface area contributed by atoms with Crippen LogP contribution in [0, 0.1) is 0 Å². The van der Waals surface area contributed by atoms with Gasteiger partial charge in [-0.1, -0.05) is 36.4 Å². The van der Waals surface area contributed by atoms with Crippen LogP contribution in [-0.2, 0) is 27.9 Å². The summed E-state index contributed by atoms with van der Waals surface area (Å²) in [6.07, 6.45) is -2.88. The molecule has 2 aromatic carbocycles. The molecule has 0 spiro atoms. The first kappa shape index (κ1) is 24.4. The van der Waals surface area contributed by atoms with E-state index in [2.05, 4.69) is 0 Å². The van der Waals surface area contributed by atoms with Crippen molar-refractivity contribution in [2.24, 2.45) is 0 Å². The summed E-state index contributed by atoms with van der Waals surface area (Å²) in [6, 6.07) is 15.7. The van der Waals surface area contributed by atoms with Crippen LogP contribution < -0.4 is 4.84 Å². The predicted molar refractivity (Wildman–Crippen MR) is 118 cm³/mol. The van der Waals surface area contributed by atoms with Crippen LogP contribution in [0.3, 0.4) is 0 Å². The van der Waals surface area contributed by atoms with Gasteiger partial charge in [0.05, 0.1) is 23.3 Å². The van der Waals surface area contributed by atoms with Gasteiger partial charge in [0.1, 0.15) is 11.8 Å². The normalized spacial score (nSPS) is 12.2. The molecule has 0 saturated carbocycles. The Bertz CT molecular complexity index is 1060. The second-order valence-electron chi connectivity index (χ2n) is 7.21. The molecule has 3 aromatic rings. The number of rotatable bonds is 10. The number of Topliss-reactive ketones (excluding diaryl/α,β-unsaturated/α-hetero) is 1. The lowest BCUT2D eigenvalue weighted by atomic mass is 10.0. The summed E-state index contributed by atoms with van der Waals surface area (Å²) >= 11 is 1.31. The Kier molecular flexibility index (Phi) is 8.21. The molecule has 1 atom stereocenters. The summed E-state index contributed by atoms with van der Waals surface area (Å²) in [5.41, 5.74) is -0.130. The monoisotopic (exact) mass is 477 g/mol. The number of carbonyl (C=O) groups is 2. The van der Waals surface area contributed by atoms with Gasteiger partial charge in [-0.2, -0.15) is 18.2 Å². The van der Waals surface area contributed by atoms with Crippen LogP contribution in [0.2, 0.25) is 0 Å². The molecule has 0 unspecified atom stereocenters. The van der Waals surface area contributed by atoms with Gasteiger partial charge in [0, 0.05) is 13.3 Å². The second-order valence-corrected chi connectivity index (χ2v) is 8.19. The standard InChI is InChI=1S/C24H22F3NO4S/c1-17(29)28(32-20-10-5-9-19(14-20)24(25,26)27)22(13-18-7-3-2-4-8-18)23(30)16-33-15-21-11-6-12-31-21/h2-12,14,22H,13,15-16H2,1H3/t22-/m0/s1. The van der Waals surface area contributed by atoms with Gasteiger partial charge in [-0.05, 0) is 35.9 Å². The molecule has 5 nitrogen and oxygen atoms in total. The number of hydrogen-bond donors (Lipinski definition) is 0. The Morgan fingerprint density at radius 3 is 2.45 bits per heavy atom. The highest BCUT2D eigenvalue weighted by Gasteiger charge is 2.33. The fourth-order valence-electron chi connectivity index (χ4n) is 3.10. The quantitative estimate of drug-likeness (QED) is 0.358. The molecule has 1 heterocycles. The van der Waals surface area contributed by atoms with Gasteiger partial charge in [-0.25, -0.2) is 0 Å². The number of thioether (sulfide) groups is 1. The molecular weight excluding hydrogens is 455 g/mol. The first-order valence-electron chi connectivity index (χ1n) is 10.1. The van der Waals surface area contributed by atoms with Crippen LogP contribution in [0.1, 0.15) is 23.8 Å². The van der Waals surface area contributed by atoms with Gasteiger partial charge in [0.15, 0.2) is 11.5 Å². The Hall–Kier alpha value is -3.20. The molecule has 0 bridgehead atoms. The van der Waals surface area contributed by atoms with Gasteiger partial charge in [0.2, 0.25) is 0 Å². The number of halogens is 3. The molecule has 0 aliphatic carbocycles. The van der Waals surface area contributed by atoms with E-state index in [-0.39, 0.29) is 23.7 Å². The summed E-state index contributed by atoms with van der Waals surface area (Å²) < 4.78 is 44.5. The molecule has 0 aliphatic heterocycles. The third-order valence-electron chi connectivity index (χ3n) is 4.67. The maximum atomic E-state index is 13.1. The molecule has 1 aromatic heterocycles. The van der Waals surface area contributed by atoms with E-state index in [9.17, 15) is 22.8 Å². The highest BCUT2D eigenvalue weighted by atomic mass is 32.2. The number of amides is 1. The molecule has 9 heteroatoms. The van der Waals surface area contributed by atoms with E-state index in [1.165, 1.54) is 37.1 Å². The Morgan fingerprint density at radius 1 is 1.06 bits per heavy atom. The van der Waals surface area contributed by atoms with E-state index in [1.54, 1.807) is 36.4 Å². The summed E-state index contributed by atoms with van der Waals surface area (Å²) in [5, 5.41) is 0.859. The average Bonchev–Trinajstić information content (AvgIpc) is 3.30. The third-order valence-corrected chi connectivity index (χ3v) is 5.65. The van der Waals surface area contributed by atoms with E-state index in [4.69, 9.17) is 9.25 Å². The number of alkyl halides is 3. The highest BCUT2D eigenvalue weighted by Crippen LogP contribution is 2.31. The van der Waals surface area contributed by atoms with Crippen molar-refractivity contribution in [1.82, 2.24) is 5.06 Å². The van der Waals surface area contributed by atoms with Gasteiger partial charge in [-0.15, -0.1) is 11.8 Å². The number of carbonyl (C=O) groups excluding carboxylic acids is 2. The van der Waals surface area contributed by atoms with Crippen molar-refractivity contribution < 1.29 is 32.0 Å². The predicted octanol–water partition coefficient (Wildman–Crippen LogP) is 5.55. The minimum atomic E-state index is -4.57. The Morgan fingerprint density at radius 2 is 1.82 bits per heavy atom. The molecule has 1 amide bonds. The van der Waals surface area contributed by atoms with Gasteiger partial charge >= 0.3 is 6.18 Å². The van der Waals surface area contributed by atoms with Crippen LogP contribution >= 0.6 is 11.8 Å². The van der Waals surface area contributed by atoms with E-state index in [1.807, 2.05) is 6.07 Å². The molecule has 0 N–H and O–H groups in total. The Labute approximate surface area is 193 Å². The summed E-state index contributed by atoms with van der Waals surface area (Å²) in [5.74, 6) is 0.153. The van der Waals surface area contributed by atoms with Crippen molar-refractivity contribution in [3.05, 3.63) is 89.9 Å². The van der Waals surface area contributed by atoms with E-state index in [0.29, 0.717) is 11.5 Å². The number of ketones is 1. The lowest BCUT2D eigenvalue weighted by molar-refractivity contribution is -0.167. The molecule has 3 rings (SSSR count). The van der Waals surface area contributed by atoms with Crippen molar-refractivity contribution in [3.63, 3.8) is 0 Å². The molecular formula is C24H22F3NO4S. The second kappa shape index (κ2) is 11.1. The van der Waals surface area contributed by atoms with E-state index in [0.717, 1.165) is 22.8 Å². The topological polar surface area (TPSA) is 59.8 Å². The van der Waals surface area contributed by atoms with E-state index >= 15 is 0 Å². The Balaban J connectivity index is 1.81. The lowest BCUT2D eigenvalue weighted by Gasteiger charge is -2.29. The lowest BCUT2D eigenvalue weighted by Crippen LogP contribution is -2.48. The van der Waals surface area contributed by atoms with Crippen LogP contribution in [0.25, 0.3) is 0 Å². The number of hydroxylamine groups is 2. The number of furan rings is 1. The molecule has 0 radical (unpaired) electrons. The maximum absolute atomic E-state index is 13.1. The summed E-state index contributed by atoms with van der Waals surface area (Å²) in [7, 11) is 0. The molecule has 174 valence electrons. The first-order chi connectivity index (χ1) is 15.7. The van der Waals surface area contributed by atoms with E-state index < -0.39 is 23.7 Å². The minimum absolute atomic E-state index is 0.0634. The molecule has 0 aliphatic rings. The van der Waals surface area contributed by atoms with Crippen LogP contribution in [0.5, 0.6) is 5.75 Å². The highest BCUT2D eigenvalue weighted by molar-refractivity contribution is 7.99. The SMILES string of the molecule is CC(=O)N(Oc1cccc(C(F)(F)F)c1)[C@@H](Cc1ccccc1)C(=O)CSCc1ccco1. The maximum Gasteiger partial charge on any atom is 0.416 e. The van der Waals surface area contributed by atoms with Gasteiger partial charge in [-0.3, -0.25) is 9.59 Å². The zero-order chi connectivity index (χ0) is 23.8. The van der Waals surface area contributed by atoms with Crippen molar-refractivity contribution in [2.45, 2.75) is 31.3 Å². The largest absolute Gasteiger partial charge is 0.468 e.